The summed E-state index contributed by atoms with van der Waals surface area (Å²) in [6.07, 6.45) is 0. The lowest BCUT2D eigenvalue weighted by atomic mass is 10.4. The van der Waals surface area contributed by atoms with Crippen molar-refractivity contribution in [1.29, 1.82) is 0 Å². The lowest BCUT2D eigenvalue weighted by Gasteiger charge is -2.04. The fourth-order valence-electron chi connectivity index (χ4n) is 1.11. The van der Waals surface area contributed by atoms with Crippen LogP contribution in [0.5, 0.6) is 0 Å². The third-order valence-electron chi connectivity index (χ3n) is 1.74. The third kappa shape index (κ3) is 2.87. The molecule has 2 rings (SSSR count). The molecule has 3 nitrogen and oxygen atoms in total. The van der Waals surface area contributed by atoms with Gasteiger partial charge in [-0.3, -0.25) is 0 Å². The number of aromatic nitrogens is 2. The molecular weight excluding hydrogens is 310 g/mol. The van der Waals surface area contributed by atoms with Gasteiger partial charge in [0.05, 0.1) is 0 Å². The molecular formula is C10H7BrClN3S. The van der Waals surface area contributed by atoms with Crippen molar-refractivity contribution in [2.45, 2.75) is 9.92 Å². The summed E-state index contributed by atoms with van der Waals surface area (Å²) in [7, 11) is 0. The highest BCUT2D eigenvalue weighted by molar-refractivity contribution is 9.10. The predicted molar refractivity (Wildman–Crippen MR) is 69.7 cm³/mol. The zero-order valence-corrected chi connectivity index (χ0v) is 11.2. The van der Waals surface area contributed by atoms with Gasteiger partial charge in [-0.1, -0.05) is 35.5 Å². The summed E-state index contributed by atoms with van der Waals surface area (Å²) in [5.41, 5.74) is 5.52. The Balaban J connectivity index is 2.30. The second kappa shape index (κ2) is 5.03. The van der Waals surface area contributed by atoms with Gasteiger partial charge < -0.3 is 5.73 Å². The Kier molecular flexibility index (Phi) is 3.68. The SMILES string of the molecule is Nc1nc(Cl)cc(Sc2ccccc2Br)n1. The van der Waals surface area contributed by atoms with Gasteiger partial charge in [-0.05, 0) is 28.1 Å². The molecule has 1 heterocycles. The zero-order chi connectivity index (χ0) is 11.5. The number of hydrogen-bond donors (Lipinski definition) is 1. The average Bonchev–Trinajstić information content (AvgIpc) is 2.20. The monoisotopic (exact) mass is 315 g/mol. The average molecular weight is 317 g/mol. The molecule has 0 atom stereocenters. The van der Waals surface area contributed by atoms with E-state index in [1.54, 1.807) is 6.07 Å². The first-order valence-electron chi connectivity index (χ1n) is 4.37. The minimum Gasteiger partial charge on any atom is -0.368 e. The van der Waals surface area contributed by atoms with Crippen LogP contribution in [0.15, 0.2) is 44.7 Å². The van der Waals surface area contributed by atoms with Crippen LogP contribution < -0.4 is 5.73 Å². The van der Waals surface area contributed by atoms with Crippen molar-refractivity contribution in [3.8, 4) is 0 Å². The van der Waals surface area contributed by atoms with E-state index >= 15 is 0 Å². The summed E-state index contributed by atoms with van der Waals surface area (Å²) < 4.78 is 1.01. The molecule has 0 bridgehead atoms. The van der Waals surface area contributed by atoms with Gasteiger partial charge in [-0.25, -0.2) is 9.97 Å². The van der Waals surface area contributed by atoms with Gasteiger partial charge in [-0.15, -0.1) is 0 Å². The van der Waals surface area contributed by atoms with Crippen LogP contribution >= 0.6 is 39.3 Å². The van der Waals surface area contributed by atoms with E-state index in [2.05, 4.69) is 25.9 Å². The highest BCUT2D eigenvalue weighted by atomic mass is 79.9. The van der Waals surface area contributed by atoms with Gasteiger partial charge >= 0.3 is 0 Å². The van der Waals surface area contributed by atoms with Crippen LogP contribution in [0.2, 0.25) is 5.15 Å². The van der Waals surface area contributed by atoms with Crippen molar-refractivity contribution in [2.24, 2.45) is 0 Å². The Hall–Kier alpha value is -0.780. The van der Waals surface area contributed by atoms with Gasteiger partial charge in [0.15, 0.2) is 0 Å². The summed E-state index contributed by atoms with van der Waals surface area (Å²) in [5, 5.41) is 1.08. The Morgan fingerprint density at radius 1 is 1.25 bits per heavy atom. The van der Waals surface area contributed by atoms with Crippen molar-refractivity contribution in [2.75, 3.05) is 5.73 Å². The van der Waals surface area contributed by atoms with Gasteiger partial charge in [0.25, 0.3) is 0 Å². The van der Waals surface area contributed by atoms with Crippen molar-refractivity contribution < 1.29 is 0 Å². The summed E-state index contributed by atoms with van der Waals surface area (Å²) >= 11 is 10.7. The minimum absolute atomic E-state index is 0.182. The molecule has 0 unspecified atom stereocenters. The molecule has 1 aromatic heterocycles. The molecule has 82 valence electrons. The molecule has 0 aliphatic rings. The first kappa shape index (κ1) is 11.7. The van der Waals surface area contributed by atoms with Gasteiger partial charge in [0.2, 0.25) is 5.95 Å². The summed E-state index contributed by atoms with van der Waals surface area (Å²) in [6, 6.07) is 9.55. The number of hydrogen-bond acceptors (Lipinski definition) is 4. The van der Waals surface area contributed by atoms with Crippen LogP contribution in [0.4, 0.5) is 5.95 Å². The molecule has 0 radical (unpaired) electrons. The maximum absolute atomic E-state index is 5.80. The molecule has 2 N–H and O–H groups in total. The normalized spacial score (nSPS) is 10.4. The fourth-order valence-corrected chi connectivity index (χ4v) is 2.74. The number of nitrogens with zero attached hydrogens (tertiary/aromatic N) is 2. The molecule has 0 saturated carbocycles. The third-order valence-corrected chi connectivity index (χ3v) is 3.88. The van der Waals surface area contributed by atoms with Crippen LogP contribution in [-0.2, 0) is 0 Å². The molecule has 1 aromatic carbocycles. The summed E-state index contributed by atoms with van der Waals surface area (Å²) in [5.74, 6) is 0.182. The van der Waals surface area contributed by atoms with E-state index in [0.29, 0.717) is 5.15 Å². The van der Waals surface area contributed by atoms with Crippen LogP contribution in [0.25, 0.3) is 0 Å². The number of nitrogen functional groups attached to an aromatic ring is 1. The predicted octanol–water partition coefficient (Wildman–Crippen LogP) is 3.63. The lowest BCUT2D eigenvalue weighted by Crippen LogP contribution is -1.95. The van der Waals surface area contributed by atoms with Crippen LogP contribution in [0.3, 0.4) is 0 Å². The minimum atomic E-state index is 0.182. The smallest absolute Gasteiger partial charge is 0.222 e. The summed E-state index contributed by atoms with van der Waals surface area (Å²) in [6.45, 7) is 0. The van der Waals surface area contributed by atoms with E-state index in [0.717, 1.165) is 14.4 Å². The summed E-state index contributed by atoms with van der Waals surface area (Å²) in [4.78, 5) is 8.95. The molecule has 0 fully saturated rings. The largest absolute Gasteiger partial charge is 0.368 e. The Bertz CT molecular complexity index is 501. The van der Waals surface area contributed by atoms with E-state index in [9.17, 15) is 0 Å². The van der Waals surface area contributed by atoms with Gasteiger partial charge in [0, 0.05) is 15.4 Å². The maximum atomic E-state index is 5.80. The van der Waals surface area contributed by atoms with Crippen LogP contribution in [-0.4, -0.2) is 9.97 Å². The van der Waals surface area contributed by atoms with Crippen molar-refractivity contribution in [3.05, 3.63) is 40.0 Å². The molecule has 2 aromatic rings. The fraction of sp³-hybridized carbons (Fsp3) is 0. The Morgan fingerprint density at radius 2 is 2.00 bits per heavy atom. The van der Waals surface area contributed by atoms with E-state index in [4.69, 9.17) is 17.3 Å². The topological polar surface area (TPSA) is 51.8 Å². The zero-order valence-electron chi connectivity index (χ0n) is 8.02. The number of nitrogens with two attached hydrogens (primary N) is 1. The highest BCUT2D eigenvalue weighted by Crippen LogP contribution is 2.32. The number of benzene rings is 1. The van der Waals surface area contributed by atoms with E-state index in [1.165, 1.54) is 11.8 Å². The van der Waals surface area contributed by atoms with E-state index < -0.39 is 0 Å². The van der Waals surface area contributed by atoms with Gasteiger partial charge in [0.1, 0.15) is 10.2 Å². The molecule has 6 heteroatoms. The van der Waals surface area contributed by atoms with Crippen molar-refractivity contribution in [1.82, 2.24) is 9.97 Å². The Morgan fingerprint density at radius 3 is 2.69 bits per heavy atom. The number of anilines is 1. The first-order valence-corrected chi connectivity index (χ1v) is 6.36. The quantitative estimate of drug-likeness (QED) is 0.860. The molecule has 0 saturated heterocycles. The van der Waals surface area contributed by atoms with Crippen LogP contribution in [0, 0.1) is 0 Å². The molecule has 0 aliphatic carbocycles. The molecule has 16 heavy (non-hydrogen) atoms. The second-order valence-electron chi connectivity index (χ2n) is 2.92. The molecule has 0 amide bonds. The molecule has 0 spiro atoms. The second-order valence-corrected chi connectivity index (χ2v) is 5.22. The molecule has 0 aliphatic heterocycles. The lowest BCUT2D eigenvalue weighted by molar-refractivity contribution is 1.06. The van der Waals surface area contributed by atoms with E-state index in [-0.39, 0.29) is 5.95 Å². The maximum Gasteiger partial charge on any atom is 0.222 e. The highest BCUT2D eigenvalue weighted by Gasteiger charge is 2.05. The number of halogens is 2. The van der Waals surface area contributed by atoms with Crippen molar-refractivity contribution >= 4 is 45.2 Å². The first-order chi connectivity index (χ1) is 7.65. The van der Waals surface area contributed by atoms with E-state index in [1.807, 2.05) is 24.3 Å². The van der Waals surface area contributed by atoms with Crippen molar-refractivity contribution in [3.63, 3.8) is 0 Å². The Labute approximate surface area is 111 Å². The van der Waals surface area contributed by atoms with Crippen LogP contribution in [0.1, 0.15) is 0 Å². The number of rotatable bonds is 2. The van der Waals surface area contributed by atoms with Gasteiger partial charge in [-0.2, -0.15) is 0 Å². The standard InChI is InChI=1S/C10H7BrClN3S/c11-6-3-1-2-4-7(6)16-9-5-8(12)14-10(13)15-9/h1-5H,(H2,13,14,15).